The summed E-state index contributed by atoms with van der Waals surface area (Å²) in [6, 6.07) is 4.77. The van der Waals surface area contributed by atoms with Crippen molar-refractivity contribution in [3.05, 3.63) is 34.6 Å². The molecule has 0 radical (unpaired) electrons. The van der Waals surface area contributed by atoms with Crippen molar-refractivity contribution in [3.8, 4) is 0 Å². The maximum atomic E-state index is 13.6. The molecule has 3 heteroatoms. The van der Waals surface area contributed by atoms with E-state index in [9.17, 15) is 4.39 Å². The van der Waals surface area contributed by atoms with Crippen molar-refractivity contribution in [1.82, 2.24) is 0 Å². The van der Waals surface area contributed by atoms with Crippen LogP contribution in [0.15, 0.2) is 18.2 Å². The first-order valence-electron chi connectivity index (χ1n) is 5.25. The molecule has 1 nitrogen and oxygen atoms in total. The van der Waals surface area contributed by atoms with Crippen LogP contribution in [0.2, 0.25) is 5.02 Å². The summed E-state index contributed by atoms with van der Waals surface area (Å²) in [6.07, 6.45) is 0.965. The molecule has 0 aliphatic rings. The highest BCUT2D eigenvalue weighted by Gasteiger charge is 2.22. The van der Waals surface area contributed by atoms with Gasteiger partial charge < -0.3 is 5.73 Å². The summed E-state index contributed by atoms with van der Waals surface area (Å²) in [4.78, 5) is 0. The fourth-order valence-corrected chi connectivity index (χ4v) is 2.09. The molecule has 0 aliphatic heterocycles. The Balaban J connectivity index is 3.11. The second-order valence-electron chi connectivity index (χ2n) is 3.86. The first-order valence-corrected chi connectivity index (χ1v) is 5.63. The molecule has 0 bridgehead atoms. The predicted octanol–water partition coefficient (Wildman–Crippen LogP) is 3.57. The molecule has 0 saturated heterocycles. The third-order valence-electron chi connectivity index (χ3n) is 2.96. The molecule has 1 aromatic carbocycles. The lowest BCUT2D eigenvalue weighted by atomic mass is 9.85. The SMILES string of the molecule is CCC(C)C(CN)c1c(F)cccc1Cl. The van der Waals surface area contributed by atoms with Crippen LogP contribution in [0.3, 0.4) is 0 Å². The van der Waals surface area contributed by atoms with Crippen LogP contribution in [0.1, 0.15) is 31.7 Å². The zero-order valence-electron chi connectivity index (χ0n) is 9.13. The molecule has 0 aliphatic carbocycles. The Morgan fingerprint density at radius 3 is 2.60 bits per heavy atom. The van der Waals surface area contributed by atoms with Gasteiger partial charge >= 0.3 is 0 Å². The minimum Gasteiger partial charge on any atom is -0.330 e. The molecule has 2 unspecified atom stereocenters. The normalized spacial score (nSPS) is 15.0. The lowest BCUT2D eigenvalue weighted by Gasteiger charge is -2.23. The maximum absolute atomic E-state index is 13.6. The Morgan fingerprint density at radius 2 is 2.13 bits per heavy atom. The quantitative estimate of drug-likeness (QED) is 0.840. The van der Waals surface area contributed by atoms with E-state index >= 15 is 0 Å². The molecule has 0 aromatic heterocycles. The molecular formula is C12H17ClFN. The summed E-state index contributed by atoms with van der Waals surface area (Å²) in [7, 11) is 0. The fourth-order valence-electron chi connectivity index (χ4n) is 1.78. The van der Waals surface area contributed by atoms with Crippen molar-refractivity contribution in [1.29, 1.82) is 0 Å². The van der Waals surface area contributed by atoms with E-state index in [0.717, 1.165) is 6.42 Å². The summed E-state index contributed by atoms with van der Waals surface area (Å²) >= 11 is 6.01. The van der Waals surface area contributed by atoms with E-state index in [1.54, 1.807) is 12.1 Å². The van der Waals surface area contributed by atoms with Crippen molar-refractivity contribution in [2.24, 2.45) is 11.7 Å². The van der Waals surface area contributed by atoms with Crippen molar-refractivity contribution in [2.45, 2.75) is 26.2 Å². The van der Waals surface area contributed by atoms with Gasteiger partial charge in [0.15, 0.2) is 0 Å². The average molecular weight is 230 g/mol. The lowest BCUT2D eigenvalue weighted by Crippen LogP contribution is -2.20. The number of halogens is 2. The zero-order chi connectivity index (χ0) is 11.4. The van der Waals surface area contributed by atoms with E-state index < -0.39 is 0 Å². The van der Waals surface area contributed by atoms with Gasteiger partial charge in [-0.2, -0.15) is 0 Å². The largest absolute Gasteiger partial charge is 0.330 e. The van der Waals surface area contributed by atoms with Gasteiger partial charge in [-0.25, -0.2) is 4.39 Å². The highest BCUT2D eigenvalue weighted by molar-refractivity contribution is 6.31. The highest BCUT2D eigenvalue weighted by atomic mass is 35.5. The van der Waals surface area contributed by atoms with Crippen molar-refractivity contribution < 1.29 is 4.39 Å². The van der Waals surface area contributed by atoms with Gasteiger partial charge in [0.2, 0.25) is 0 Å². The van der Waals surface area contributed by atoms with Crippen LogP contribution in [0.25, 0.3) is 0 Å². The highest BCUT2D eigenvalue weighted by Crippen LogP contribution is 2.33. The molecular weight excluding hydrogens is 213 g/mol. The summed E-state index contributed by atoms with van der Waals surface area (Å²) in [5.74, 6) is 0.0892. The van der Waals surface area contributed by atoms with Crippen LogP contribution < -0.4 is 5.73 Å². The predicted molar refractivity (Wildman–Crippen MR) is 62.7 cm³/mol. The first-order chi connectivity index (χ1) is 7.11. The molecule has 2 atom stereocenters. The smallest absolute Gasteiger partial charge is 0.128 e. The van der Waals surface area contributed by atoms with E-state index in [1.165, 1.54) is 6.07 Å². The first kappa shape index (κ1) is 12.5. The summed E-state index contributed by atoms with van der Waals surface area (Å²) in [6.45, 7) is 4.57. The number of hydrogen-bond acceptors (Lipinski definition) is 1. The number of nitrogens with two attached hydrogens (primary N) is 1. The van der Waals surface area contributed by atoms with E-state index in [1.807, 2.05) is 0 Å². The van der Waals surface area contributed by atoms with Crippen molar-refractivity contribution in [3.63, 3.8) is 0 Å². The second kappa shape index (κ2) is 5.47. The van der Waals surface area contributed by atoms with E-state index in [0.29, 0.717) is 23.0 Å². The van der Waals surface area contributed by atoms with Gasteiger partial charge in [0, 0.05) is 16.5 Å². The lowest BCUT2D eigenvalue weighted by molar-refractivity contribution is 0.435. The van der Waals surface area contributed by atoms with Crippen LogP contribution in [0.4, 0.5) is 4.39 Å². The molecule has 0 spiro atoms. The third-order valence-corrected chi connectivity index (χ3v) is 3.28. The van der Waals surface area contributed by atoms with Crippen LogP contribution in [0, 0.1) is 11.7 Å². The Bertz CT molecular complexity index is 307. The molecule has 1 aromatic rings. The van der Waals surface area contributed by atoms with Crippen molar-refractivity contribution >= 4 is 11.6 Å². The van der Waals surface area contributed by atoms with Gasteiger partial charge in [-0.15, -0.1) is 0 Å². The molecule has 0 fully saturated rings. The third kappa shape index (κ3) is 2.70. The average Bonchev–Trinajstić information content (AvgIpc) is 2.22. The van der Waals surface area contributed by atoms with E-state index in [4.69, 9.17) is 17.3 Å². The van der Waals surface area contributed by atoms with Crippen LogP contribution in [0.5, 0.6) is 0 Å². The second-order valence-corrected chi connectivity index (χ2v) is 4.27. The Kier molecular flexibility index (Phi) is 4.55. The summed E-state index contributed by atoms with van der Waals surface area (Å²) in [5, 5.41) is 0.478. The summed E-state index contributed by atoms with van der Waals surface area (Å²) < 4.78 is 13.6. The van der Waals surface area contributed by atoms with Crippen LogP contribution >= 0.6 is 11.6 Å². The van der Waals surface area contributed by atoms with E-state index in [-0.39, 0.29) is 11.7 Å². The van der Waals surface area contributed by atoms with Gasteiger partial charge in [-0.3, -0.25) is 0 Å². The van der Waals surface area contributed by atoms with E-state index in [2.05, 4.69) is 13.8 Å². The molecule has 0 saturated carbocycles. The number of benzene rings is 1. The standard InChI is InChI=1S/C12H17ClFN/c1-3-8(2)9(7-15)12-10(13)5-4-6-11(12)14/h4-6,8-9H,3,7,15H2,1-2H3. The molecule has 1 rings (SSSR count). The molecule has 84 valence electrons. The Labute approximate surface area is 95.4 Å². The topological polar surface area (TPSA) is 26.0 Å². The zero-order valence-corrected chi connectivity index (χ0v) is 9.89. The molecule has 0 amide bonds. The Morgan fingerprint density at radius 1 is 1.47 bits per heavy atom. The fraction of sp³-hybridized carbons (Fsp3) is 0.500. The summed E-state index contributed by atoms with van der Waals surface area (Å²) in [5.41, 5.74) is 6.26. The van der Waals surface area contributed by atoms with Crippen LogP contribution in [-0.2, 0) is 0 Å². The monoisotopic (exact) mass is 229 g/mol. The van der Waals surface area contributed by atoms with Gasteiger partial charge in [0.25, 0.3) is 0 Å². The number of hydrogen-bond donors (Lipinski definition) is 1. The van der Waals surface area contributed by atoms with Gasteiger partial charge in [0.05, 0.1) is 0 Å². The Hall–Kier alpha value is -0.600. The number of rotatable bonds is 4. The molecule has 0 heterocycles. The van der Waals surface area contributed by atoms with Crippen molar-refractivity contribution in [2.75, 3.05) is 6.54 Å². The van der Waals surface area contributed by atoms with Gasteiger partial charge in [0.1, 0.15) is 5.82 Å². The van der Waals surface area contributed by atoms with Gasteiger partial charge in [-0.05, 0) is 24.6 Å². The minimum atomic E-state index is -0.252. The van der Waals surface area contributed by atoms with Crippen LogP contribution in [-0.4, -0.2) is 6.54 Å². The maximum Gasteiger partial charge on any atom is 0.128 e. The van der Waals surface area contributed by atoms with Gasteiger partial charge in [-0.1, -0.05) is 37.9 Å². The minimum absolute atomic E-state index is 0.00343. The molecule has 2 N–H and O–H groups in total. The molecule has 15 heavy (non-hydrogen) atoms.